The fourth-order valence-corrected chi connectivity index (χ4v) is 2.49. The molecule has 0 aliphatic carbocycles. The number of carbonyl (C=O) groups is 1. The molecular weight excluding hydrogens is 307 g/mol. The molecule has 1 saturated heterocycles. The number of β-lactam (4-membered cyclic amide) rings is 1. The summed E-state index contributed by atoms with van der Waals surface area (Å²) >= 11 is 0. The van der Waals surface area contributed by atoms with Crippen LogP contribution in [0, 0.1) is 17.5 Å². The van der Waals surface area contributed by atoms with Crippen molar-refractivity contribution in [3.8, 4) is 0 Å². The van der Waals surface area contributed by atoms with Crippen molar-refractivity contribution in [1.29, 1.82) is 0 Å². The number of carbonyl (C=O) groups excluding carboxylic acids is 1. The first-order valence-electron chi connectivity index (χ1n) is 7.17. The fraction of sp³-hybridized carbons (Fsp3) is 0.235. The summed E-state index contributed by atoms with van der Waals surface area (Å²) in [6.07, 6.45) is 0.261. The zero-order chi connectivity index (χ0) is 16.4. The SMILES string of the molecule is O=C1C[C@@H](Cc2cc(F)c(F)cc2F)N1OCc1ccccc1. The lowest BCUT2D eigenvalue weighted by atomic mass is 9.96. The third-order valence-electron chi connectivity index (χ3n) is 3.75. The second kappa shape index (κ2) is 6.42. The lowest BCUT2D eigenvalue weighted by Gasteiger charge is -2.39. The van der Waals surface area contributed by atoms with Gasteiger partial charge >= 0.3 is 0 Å². The number of rotatable bonds is 5. The van der Waals surface area contributed by atoms with Crippen LogP contribution in [0.2, 0.25) is 0 Å². The summed E-state index contributed by atoms with van der Waals surface area (Å²) < 4.78 is 39.8. The minimum absolute atomic E-state index is 0.0229. The molecule has 0 unspecified atom stereocenters. The third kappa shape index (κ3) is 3.37. The zero-order valence-electron chi connectivity index (χ0n) is 12.1. The molecule has 0 radical (unpaired) electrons. The first-order chi connectivity index (χ1) is 11.0. The first-order valence-corrected chi connectivity index (χ1v) is 7.17. The molecule has 3 nitrogen and oxygen atoms in total. The van der Waals surface area contributed by atoms with Crippen LogP contribution < -0.4 is 0 Å². The van der Waals surface area contributed by atoms with E-state index in [0.29, 0.717) is 6.07 Å². The Balaban J connectivity index is 1.64. The Bertz CT molecular complexity index is 721. The topological polar surface area (TPSA) is 29.5 Å². The lowest BCUT2D eigenvalue weighted by molar-refractivity contribution is -0.232. The van der Waals surface area contributed by atoms with Gasteiger partial charge in [0.15, 0.2) is 11.6 Å². The van der Waals surface area contributed by atoms with Gasteiger partial charge in [0, 0.05) is 6.07 Å². The van der Waals surface area contributed by atoms with Crippen molar-refractivity contribution in [2.75, 3.05) is 0 Å². The Hall–Kier alpha value is -2.34. The van der Waals surface area contributed by atoms with E-state index >= 15 is 0 Å². The largest absolute Gasteiger partial charge is 0.272 e. The molecule has 0 N–H and O–H groups in total. The molecule has 2 aromatic carbocycles. The van der Waals surface area contributed by atoms with E-state index in [4.69, 9.17) is 4.84 Å². The highest BCUT2D eigenvalue weighted by Crippen LogP contribution is 2.26. The summed E-state index contributed by atoms with van der Waals surface area (Å²) in [6, 6.07) is 10.2. The minimum Gasteiger partial charge on any atom is -0.272 e. The van der Waals surface area contributed by atoms with Crippen molar-refractivity contribution in [1.82, 2.24) is 5.06 Å². The molecule has 1 fully saturated rings. The summed E-state index contributed by atoms with van der Waals surface area (Å²) in [4.78, 5) is 17.1. The fourth-order valence-electron chi connectivity index (χ4n) is 2.49. The number of hydrogen-bond donors (Lipinski definition) is 0. The number of halogens is 3. The number of benzene rings is 2. The summed E-state index contributed by atoms with van der Waals surface area (Å²) in [6.45, 7) is 0.212. The van der Waals surface area contributed by atoms with Gasteiger partial charge in [0.2, 0.25) is 5.91 Å². The highest BCUT2D eigenvalue weighted by Gasteiger charge is 2.38. The lowest BCUT2D eigenvalue weighted by Crippen LogP contribution is -2.53. The molecule has 23 heavy (non-hydrogen) atoms. The molecule has 2 aromatic rings. The van der Waals surface area contributed by atoms with E-state index in [1.54, 1.807) is 0 Å². The van der Waals surface area contributed by atoms with Crippen LogP contribution in [0.15, 0.2) is 42.5 Å². The molecule has 0 spiro atoms. The first kappa shape index (κ1) is 15.6. The van der Waals surface area contributed by atoms with E-state index in [1.165, 1.54) is 5.06 Å². The van der Waals surface area contributed by atoms with Crippen LogP contribution in [-0.2, 0) is 22.7 Å². The van der Waals surface area contributed by atoms with E-state index in [1.807, 2.05) is 30.3 Å². The molecule has 0 saturated carbocycles. The molecule has 6 heteroatoms. The molecule has 1 heterocycles. The summed E-state index contributed by atoms with van der Waals surface area (Å²) in [5, 5.41) is 1.17. The Kier molecular flexibility index (Phi) is 4.34. The van der Waals surface area contributed by atoms with Gasteiger partial charge in [-0.25, -0.2) is 18.2 Å². The average molecular weight is 321 g/mol. The number of amides is 1. The van der Waals surface area contributed by atoms with Crippen LogP contribution in [-0.4, -0.2) is 17.0 Å². The Morgan fingerprint density at radius 1 is 1.04 bits per heavy atom. The van der Waals surface area contributed by atoms with Gasteiger partial charge in [0.25, 0.3) is 0 Å². The van der Waals surface area contributed by atoms with Gasteiger partial charge in [-0.3, -0.25) is 9.63 Å². The molecule has 120 valence electrons. The summed E-state index contributed by atoms with van der Waals surface area (Å²) in [7, 11) is 0. The molecule has 1 aliphatic heterocycles. The van der Waals surface area contributed by atoms with Gasteiger partial charge in [-0.1, -0.05) is 30.3 Å². The van der Waals surface area contributed by atoms with Crippen LogP contribution >= 0.6 is 0 Å². The predicted molar refractivity (Wildman–Crippen MR) is 76.5 cm³/mol. The zero-order valence-corrected chi connectivity index (χ0v) is 12.1. The van der Waals surface area contributed by atoms with Gasteiger partial charge in [-0.15, -0.1) is 0 Å². The normalized spacial score (nSPS) is 17.3. The van der Waals surface area contributed by atoms with E-state index < -0.39 is 17.5 Å². The van der Waals surface area contributed by atoms with Gasteiger partial charge in [-0.05, 0) is 23.6 Å². The van der Waals surface area contributed by atoms with E-state index in [9.17, 15) is 18.0 Å². The predicted octanol–water partition coefficient (Wildman–Crippen LogP) is 3.38. The van der Waals surface area contributed by atoms with Crippen LogP contribution in [0.25, 0.3) is 0 Å². The molecule has 1 aliphatic rings. The molecule has 1 amide bonds. The van der Waals surface area contributed by atoms with Crippen LogP contribution in [0.1, 0.15) is 17.5 Å². The Morgan fingerprint density at radius 3 is 2.43 bits per heavy atom. The molecule has 3 rings (SSSR count). The molecule has 1 atom stereocenters. The maximum absolute atomic E-state index is 13.7. The highest BCUT2D eigenvalue weighted by molar-refractivity contribution is 5.82. The average Bonchev–Trinajstić information content (AvgIpc) is 2.53. The van der Waals surface area contributed by atoms with Gasteiger partial charge in [-0.2, -0.15) is 0 Å². The smallest absolute Gasteiger partial charge is 0.248 e. The van der Waals surface area contributed by atoms with Crippen molar-refractivity contribution in [2.45, 2.75) is 25.5 Å². The third-order valence-corrected chi connectivity index (χ3v) is 3.75. The highest BCUT2D eigenvalue weighted by atomic mass is 19.2. The van der Waals surface area contributed by atoms with E-state index in [0.717, 1.165) is 11.6 Å². The number of hydroxylamine groups is 2. The number of nitrogens with zero attached hydrogens (tertiary/aromatic N) is 1. The maximum atomic E-state index is 13.7. The van der Waals surface area contributed by atoms with Gasteiger partial charge < -0.3 is 0 Å². The summed E-state index contributed by atoms with van der Waals surface area (Å²) in [5.74, 6) is -3.38. The summed E-state index contributed by atoms with van der Waals surface area (Å²) in [5.41, 5.74) is 0.916. The molecule has 0 aromatic heterocycles. The second-order valence-electron chi connectivity index (χ2n) is 5.40. The van der Waals surface area contributed by atoms with E-state index in [-0.39, 0.29) is 37.0 Å². The maximum Gasteiger partial charge on any atom is 0.248 e. The van der Waals surface area contributed by atoms with Crippen LogP contribution in [0.4, 0.5) is 13.2 Å². The van der Waals surface area contributed by atoms with Crippen molar-refractivity contribution >= 4 is 5.91 Å². The Morgan fingerprint density at radius 2 is 1.74 bits per heavy atom. The molecular formula is C17H14F3NO2. The van der Waals surface area contributed by atoms with Crippen molar-refractivity contribution in [3.63, 3.8) is 0 Å². The monoisotopic (exact) mass is 321 g/mol. The second-order valence-corrected chi connectivity index (χ2v) is 5.40. The van der Waals surface area contributed by atoms with Crippen molar-refractivity contribution in [3.05, 3.63) is 71.0 Å². The van der Waals surface area contributed by atoms with E-state index in [2.05, 4.69) is 0 Å². The molecule has 0 bridgehead atoms. The quantitative estimate of drug-likeness (QED) is 0.624. The van der Waals surface area contributed by atoms with Crippen LogP contribution in [0.3, 0.4) is 0 Å². The van der Waals surface area contributed by atoms with Gasteiger partial charge in [0.05, 0.1) is 12.5 Å². The van der Waals surface area contributed by atoms with Crippen LogP contribution in [0.5, 0.6) is 0 Å². The van der Waals surface area contributed by atoms with Gasteiger partial charge in [0.1, 0.15) is 12.4 Å². The number of hydrogen-bond acceptors (Lipinski definition) is 2. The standard InChI is InChI=1S/C17H14F3NO2/c18-14-9-16(20)15(19)7-12(14)6-13-8-17(22)21(13)23-10-11-4-2-1-3-5-11/h1-5,7,9,13H,6,8,10H2/t13-/m1/s1. The Labute approximate surface area is 131 Å². The van der Waals surface area contributed by atoms with Crippen molar-refractivity contribution < 1.29 is 22.8 Å². The van der Waals surface area contributed by atoms with Crippen molar-refractivity contribution in [2.24, 2.45) is 0 Å². The minimum atomic E-state index is -1.23.